The number of carbonyl (C=O) groups excluding carboxylic acids is 2. The lowest BCUT2D eigenvalue weighted by atomic mass is 10.0. The second-order valence-electron chi connectivity index (χ2n) is 8.45. The van der Waals surface area contributed by atoms with Crippen LogP contribution < -0.4 is 10.6 Å². The van der Waals surface area contributed by atoms with Gasteiger partial charge in [0.2, 0.25) is 11.8 Å². The molecule has 0 saturated carbocycles. The van der Waals surface area contributed by atoms with Crippen LogP contribution in [0.4, 0.5) is 11.4 Å². The quantitative estimate of drug-likeness (QED) is 0.183. The van der Waals surface area contributed by atoms with Crippen LogP contribution in [0.2, 0.25) is 5.02 Å². The van der Waals surface area contributed by atoms with E-state index >= 15 is 0 Å². The third-order valence-corrected chi connectivity index (χ3v) is 6.12. The van der Waals surface area contributed by atoms with Crippen molar-refractivity contribution < 1.29 is 9.59 Å². The predicted molar refractivity (Wildman–Crippen MR) is 128 cm³/mol. The lowest BCUT2D eigenvalue weighted by Crippen LogP contribution is -2.30. The summed E-state index contributed by atoms with van der Waals surface area (Å²) in [6, 6.07) is 4.57. The Balaban J connectivity index is 1.59. The number of anilines is 1. The van der Waals surface area contributed by atoms with Crippen LogP contribution in [-0.4, -0.2) is 11.8 Å². The molecular weight excluding hydrogens is 408 g/mol. The number of amides is 2. The molecule has 1 radical (unpaired) electrons. The Kier molecular flexibility index (Phi) is 11.5. The van der Waals surface area contributed by atoms with Crippen LogP contribution in [0.5, 0.6) is 0 Å². The van der Waals surface area contributed by atoms with Crippen molar-refractivity contribution >= 4 is 34.8 Å². The van der Waals surface area contributed by atoms with E-state index in [1.165, 1.54) is 82.8 Å². The van der Waals surface area contributed by atoms with Crippen molar-refractivity contribution in [3.8, 4) is 11.8 Å². The van der Waals surface area contributed by atoms with Gasteiger partial charge in [-0.25, -0.2) is 4.90 Å². The summed E-state index contributed by atoms with van der Waals surface area (Å²) in [5.74, 6) is 4.95. The molecule has 1 unspecified atom stereocenters. The van der Waals surface area contributed by atoms with Crippen molar-refractivity contribution in [3.05, 3.63) is 23.2 Å². The molecule has 4 nitrogen and oxygen atoms in total. The smallest absolute Gasteiger partial charge is 0.249 e. The molecule has 2 rings (SSSR count). The summed E-state index contributed by atoms with van der Waals surface area (Å²) >= 11 is 5.86. The molecule has 1 aliphatic heterocycles. The molecule has 1 fully saturated rings. The van der Waals surface area contributed by atoms with Crippen LogP contribution in [0.1, 0.15) is 96.8 Å². The molecule has 1 N–H and O–H groups in total. The second kappa shape index (κ2) is 14.1. The fraction of sp³-hybridized carbons (Fsp3) is 0.615. The number of rotatable bonds is 13. The third-order valence-electron chi connectivity index (χ3n) is 5.79. The van der Waals surface area contributed by atoms with E-state index in [9.17, 15) is 9.59 Å². The number of imide groups is 1. The molecule has 1 atom stereocenters. The Hall–Kier alpha value is -1.99. The number of nitrogens with zero attached hydrogens (tertiary/aromatic N) is 1. The average molecular weight is 444 g/mol. The predicted octanol–water partition coefficient (Wildman–Crippen LogP) is 7.23. The molecule has 1 aromatic carbocycles. The molecule has 0 aliphatic carbocycles. The average Bonchev–Trinajstić information content (AvgIpc) is 3.03. The number of nitrogens with one attached hydrogen (secondary N) is 1. The highest BCUT2D eigenvalue weighted by atomic mass is 35.5. The molecule has 5 heteroatoms. The first kappa shape index (κ1) is 25.3. The van der Waals surface area contributed by atoms with E-state index in [4.69, 9.17) is 17.3 Å². The van der Waals surface area contributed by atoms with Crippen LogP contribution in [0.15, 0.2) is 18.2 Å². The molecule has 1 saturated heterocycles. The van der Waals surface area contributed by atoms with Gasteiger partial charge in [-0.2, -0.15) is 0 Å². The molecule has 169 valence electrons. The highest BCUT2D eigenvalue weighted by Gasteiger charge is 2.38. The second-order valence-corrected chi connectivity index (χ2v) is 8.86. The van der Waals surface area contributed by atoms with Crippen LogP contribution in [0.3, 0.4) is 0 Å². The van der Waals surface area contributed by atoms with E-state index < -0.39 is 5.92 Å². The van der Waals surface area contributed by atoms with Gasteiger partial charge < -0.3 is 0 Å². The van der Waals surface area contributed by atoms with Crippen LogP contribution in [-0.2, 0) is 9.59 Å². The monoisotopic (exact) mass is 443 g/mol. The minimum absolute atomic E-state index is 0.0984. The summed E-state index contributed by atoms with van der Waals surface area (Å²) in [5.41, 5.74) is 8.26. The first-order chi connectivity index (χ1) is 15.0. The van der Waals surface area contributed by atoms with Gasteiger partial charge in [0.25, 0.3) is 0 Å². The fourth-order valence-electron chi connectivity index (χ4n) is 3.92. The summed E-state index contributed by atoms with van der Waals surface area (Å²) < 4.78 is 0. The zero-order valence-electron chi connectivity index (χ0n) is 18.9. The maximum atomic E-state index is 12.6. The minimum Gasteiger partial charge on any atom is -0.299 e. The summed E-state index contributed by atoms with van der Waals surface area (Å²) in [4.78, 5) is 26.0. The Morgan fingerprint density at radius 3 is 2.13 bits per heavy atom. The van der Waals surface area contributed by atoms with Gasteiger partial charge in [0.05, 0.1) is 22.8 Å². The standard InChI is InChI=1S/C26H36ClN2O2/c1-2-3-4-5-6-7-8-9-10-11-12-13-14-15-16-21-19-25(30)29(26(21)31)22-17-18-23(27)24(28)20-22/h17-18,20-21,28H,2-14,19H2,1H3. The van der Waals surface area contributed by atoms with Crippen molar-refractivity contribution in [1.29, 1.82) is 0 Å². The number of unbranched alkanes of at least 4 members (excludes halogenated alkanes) is 12. The van der Waals surface area contributed by atoms with Gasteiger partial charge in [-0.15, -0.1) is 5.92 Å². The van der Waals surface area contributed by atoms with Crippen molar-refractivity contribution in [2.75, 3.05) is 4.90 Å². The SMILES string of the molecule is CCCCCCCCCCCCCCC#CC1CC(=O)N(c2ccc(Cl)c([NH])c2)C1=O. The van der Waals surface area contributed by atoms with Crippen LogP contribution in [0.25, 0.3) is 0 Å². The third kappa shape index (κ3) is 8.57. The number of carbonyl (C=O) groups is 2. The van der Waals surface area contributed by atoms with E-state index in [-0.39, 0.29) is 23.9 Å². The van der Waals surface area contributed by atoms with Gasteiger partial charge in [-0.05, 0) is 24.6 Å². The zero-order valence-corrected chi connectivity index (χ0v) is 19.6. The molecule has 1 aromatic rings. The number of benzene rings is 1. The summed E-state index contributed by atoms with van der Waals surface area (Å²) in [5, 5.41) is 0.293. The molecular formula is C26H36ClN2O2. The van der Waals surface area contributed by atoms with Crippen LogP contribution >= 0.6 is 11.6 Å². The van der Waals surface area contributed by atoms with Gasteiger partial charge in [-0.1, -0.05) is 95.1 Å². The maximum absolute atomic E-state index is 12.6. The van der Waals surface area contributed by atoms with E-state index in [1.807, 2.05) is 0 Å². The van der Waals surface area contributed by atoms with Crippen molar-refractivity contribution in [3.63, 3.8) is 0 Å². The highest BCUT2D eigenvalue weighted by Crippen LogP contribution is 2.31. The van der Waals surface area contributed by atoms with E-state index in [1.54, 1.807) is 6.07 Å². The van der Waals surface area contributed by atoms with Gasteiger partial charge in [-0.3, -0.25) is 15.3 Å². The molecule has 0 spiro atoms. The van der Waals surface area contributed by atoms with E-state index in [0.29, 0.717) is 10.7 Å². The molecule has 31 heavy (non-hydrogen) atoms. The first-order valence-corrected chi connectivity index (χ1v) is 12.3. The topological polar surface area (TPSA) is 61.2 Å². The van der Waals surface area contributed by atoms with Crippen molar-refractivity contribution in [2.45, 2.75) is 96.8 Å². The Labute approximate surface area is 192 Å². The molecule has 0 aromatic heterocycles. The molecule has 2 amide bonds. The largest absolute Gasteiger partial charge is 0.299 e. The van der Waals surface area contributed by atoms with Gasteiger partial charge >= 0.3 is 0 Å². The summed E-state index contributed by atoms with van der Waals surface area (Å²) in [6.45, 7) is 2.26. The zero-order chi connectivity index (χ0) is 22.5. The van der Waals surface area contributed by atoms with Gasteiger partial charge in [0, 0.05) is 6.42 Å². The Bertz CT molecular complexity index is 781. The highest BCUT2D eigenvalue weighted by molar-refractivity contribution is 6.33. The Morgan fingerprint density at radius 2 is 1.55 bits per heavy atom. The maximum Gasteiger partial charge on any atom is 0.249 e. The van der Waals surface area contributed by atoms with Crippen LogP contribution in [0, 0.1) is 17.8 Å². The van der Waals surface area contributed by atoms with Gasteiger partial charge in [0.1, 0.15) is 5.92 Å². The van der Waals surface area contributed by atoms with E-state index in [0.717, 1.165) is 17.7 Å². The number of halogens is 1. The summed E-state index contributed by atoms with van der Waals surface area (Å²) in [6.07, 6.45) is 16.6. The molecule has 0 bridgehead atoms. The van der Waals surface area contributed by atoms with Crippen molar-refractivity contribution in [1.82, 2.24) is 5.73 Å². The first-order valence-electron chi connectivity index (χ1n) is 11.9. The van der Waals surface area contributed by atoms with Crippen molar-refractivity contribution in [2.24, 2.45) is 5.92 Å². The van der Waals surface area contributed by atoms with Gasteiger partial charge in [0.15, 0.2) is 0 Å². The number of hydrogen-bond donors (Lipinski definition) is 0. The summed E-state index contributed by atoms with van der Waals surface area (Å²) in [7, 11) is 0. The lowest BCUT2D eigenvalue weighted by Gasteiger charge is -2.14. The minimum atomic E-state index is -0.574. The molecule has 1 aliphatic rings. The fourth-order valence-corrected chi connectivity index (χ4v) is 4.04. The number of hydrogen-bond acceptors (Lipinski definition) is 2. The Morgan fingerprint density at radius 1 is 0.968 bits per heavy atom. The lowest BCUT2D eigenvalue weighted by molar-refractivity contribution is -0.121. The molecule has 1 heterocycles. The normalized spacial score (nSPS) is 15.9. The van der Waals surface area contributed by atoms with E-state index in [2.05, 4.69) is 18.8 Å².